The van der Waals surface area contributed by atoms with Crippen molar-refractivity contribution in [1.82, 2.24) is 9.97 Å². The van der Waals surface area contributed by atoms with Gasteiger partial charge in [-0.1, -0.05) is 36.4 Å². The summed E-state index contributed by atoms with van der Waals surface area (Å²) < 4.78 is 0.826. The molecule has 8 nitrogen and oxygen atoms in total. The molecule has 0 radical (unpaired) electrons. The van der Waals surface area contributed by atoms with Crippen LogP contribution in [0.25, 0.3) is 21.5 Å². The second kappa shape index (κ2) is 9.18. The summed E-state index contributed by atoms with van der Waals surface area (Å²) in [6.07, 6.45) is 1.76. The van der Waals surface area contributed by atoms with Crippen LogP contribution in [0.1, 0.15) is 20.8 Å². The Kier molecular flexibility index (Phi) is 6.32. The van der Waals surface area contributed by atoms with Crippen molar-refractivity contribution < 1.29 is 14.8 Å². The molecule has 1 amide bonds. The highest BCUT2D eigenvalue weighted by Crippen LogP contribution is 2.39. The van der Waals surface area contributed by atoms with Crippen LogP contribution in [0.4, 0.5) is 11.5 Å². The number of thiophene rings is 1. The molecule has 0 saturated heterocycles. The first kappa shape index (κ1) is 22.7. The van der Waals surface area contributed by atoms with Crippen LogP contribution < -0.4 is 21.4 Å². The number of primary amides is 1. The number of amides is 1. The van der Waals surface area contributed by atoms with E-state index in [1.165, 1.54) is 11.3 Å². The molecule has 0 bridgehead atoms. The monoisotopic (exact) mass is 461 g/mol. The molecule has 4 rings (SSSR count). The quantitative estimate of drug-likeness (QED) is 0.311. The molecular weight excluding hydrogens is 437 g/mol. The topological polar surface area (TPSA) is 125 Å². The highest BCUT2D eigenvalue weighted by molar-refractivity contribution is 7.20. The summed E-state index contributed by atoms with van der Waals surface area (Å²) in [4.78, 5) is 24.2. The van der Waals surface area contributed by atoms with Crippen LogP contribution in [0.3, 0.4) is 0 Å². The van der Waals surface area contributed by atoms with Gasteiger partial charge in [0.05, 0.1) is 17.4 Å². The van der Waals surface area contributed by atoms with Gasteiger partial charge in [-0.3, -0.25) is 4.79 Å². The minimum Gasteiger partial charge on any atom is -0.423 e. The molecule has 4 aromatic rings. The first-order valence-corrected chi connectivity index (χ1v) is 11.1. The SMILES string of the molecule is Cc1sc2c(C(N)=O)cccc2c1-c1ncc(N(C)C)c(NCc2cccc(B(O)O)c2)n1. The molecule has 2 heterocycles. The minimum atomic E-state index is -1.52. The lowest BCUT2D eigenvalue weighted by Gasteiger charge is -2.18. The Bertz CT molecular complexity index is 1340. The number of rotatable bonds is 7. The molecule has 0 spiro atoms. The van der Waals surface area contributed by atoms with Crippen molar-refractivity contribution >= 4 is 51.4 Å². The fourth-order valence-corrected chi connectivity index (χ4v) is 4.88. The number of hydrogen-bond donors (Lipinski definition) is 4. The number of anilines is 2. The van der Waals surface area contributed by atoms with E-state index in [1.54, 1.807) is 30.5 Å². The molecule has 0 aliphatic rings. The zero-order valence-corrected chi connectivity index (χ0v) is 19.3. The molecule has 168 valence electrons. The number of benzene rings is 2. The lowest BCUT2D eigenvalue weighted by Crippen LogP contribution is -2.30. The summed E-state index contributed by atoms with van der Waals surface area (Å²) in [5.74, 6) is 0.729. The van der Waals surface area contributed by atoms with Gasteiger partial charge in [-0.25, -0.2) is 9.97 Å². The molecule has 2 aromatic carbocycles. The van der Waals surface area contributed by atoms with E-state index in [4.69, 9.17) is 10.7 Å². The summed E-state index contributed by atoms with van der Waals surface area (Å²) in [7, 11) is 2.31. The van der Waals surface area contributed by atoms with Crippen molar-refractivity contribution in [3.63, 3.8) is 0 Å². The van der Waals surface area contributed by atoms with Crippen LogP contribution in [0, 0.1) is 6.92 Å². The van der Waals surface area contributed by atoms with E-state index < -0.39 is 13.0 Å². The van der Waals surface area contributed by atoms with E-state index in [9.17, 15) is 14.8 Å². The van der Waals surface area contributed by atoms with Crippen LogP contribution in [0.5, 0.6) is 0 Å². The van der Waals surface area contributed by atoms with Gasteiger partial charge >= 0.3 is 7.12 Å². The lowest BCUT2D eigenvalue weighted by atomic mass is 9.80. The average Bonchev–Trinajstić information content (AvgIpc) is 3.13. The number of nitrogens with one attached hydrogen (secondary N) is 1. The van der Waals surface area contributed by atoms with Gasteiger partial charge in [-0.15, -0.1) is 11.3 Å². The normalized spacial score (nSPS) is 10.9. The van der Waals surface area contributed by atoms with Crippen LogP contribution >= 0.6 is 11.3 Å². The minimum absolute atomic E-state index is 0.427. The molecule has 2 aromatic heterocycles. The molecule has 0 aliphatic carbocycles. The van der Waals surface area contributed by atoms with Gasteiger partial charge in [0.25, 0.3) is 0 Å². The molecule has 0 fully saturated rings. The first-order chi connectivity index (χ1) is 15.8. The molecule has 33 heavy (non-hydrogen) atoms. The van der Waals surface area contributed by atoms with E-state index >= 15 is 0 Å². The number of aryl methyl sites for hydroxylation is 1. The van der Waals surface area contributed by atoms with E-state index in [2.05, 4.69) is 10.3 Å². The van der Waals surface area contributed by atoms with Gasteiger partial charge in [0, 0.05) is 41.2 Å². The number of carbonyl (C=O) groups is 1. The van der Waals surface area contributed by atoms with Crippen LogP contribution in [-0.2, 0) is 6.54 Å². The summed E-state index contributed by atoms with van der Waals surface area (Å²) in [6, 6.07) is 12.6. The maximum atomic E-state index is 11.9. The molecule has 0 atom stereocenters. The van der Waals surface area contributed by atoms with Crippen molar-refractivity contribution in [3.8, 4) is 11.4 Å². The summed E-state index contributed by atoms with van der Waals surface area (Å²) >= 11 is 1.50. The number of aromatic nitrogens is 2. The van der Waals surface area contributed by atoms with Gasteiger partial charge in [-0.05, 0) is 24.0 Å². The maximum Gasteiger partial charge on any atom is 0.488 e. The second-order valence-corrected chi connectivity index (χ2v) is 9.10. The van der Waals surface area contributed by atoms with Crippen LogP contribution in [0.2, 0.25) is 0 Å². The molecule has 0 aliphatic heterocycles. The number of hydrogen-bond acceptors (Lipinski definition) is 8. The summed E-state index contributed by atoms with van der Waals surface area (Å²) in [5, 5.41) is 23.1. The predicted molar refractivity (Wildman–Crippen MR) is 134 cm³/mol. The first-order valence-electron chi connectivity index (χ1n) is 10.3. The van der Waals surface area contributed by atoms with Gasteiger partial charge < -0.3 is 26.0 Å². The number of nitrogens with zero attached hydrogens (tertiary/aromatic N) is 3. The lowest BCUT2D eigenvalue weighted by molar-refractivity contribution is 0.100. The zero-order valence-electron chi connectivity index (χ0n) is 18.5. The Hall–Kier alpha value is -3.47. The third-order valence-corrected chi connectivity index (χ3v) is 6.50. The van der Waals surface area contributed by atoms with E-state index in [-0.39, 0.29) is 0 Å². The highest BCUT2D eigenvalue weighted by atomic mass is 32.1. The molecular formula is C23H24BN5O3S. The fraction of sp³-hybridized carbons (Fsp3) is 0.174. The Labute approximate surface area is 195 Å². The van der Waals surface area contributed by atoms with Crippen molar-refractivity contribution in [3.05, 3.63) is 64.7 Å². The highest BCUT2D eigenvalue weighted by Gasteiger charge is 2.19. The average molecular weight is 461 g/mol. The summed E-state index contributed by atoms with van der Waals surface area (Å²) in [5.41, 5.74) is 9.05. The largest absolute Gasteiger partial charge is 0.488 e. The van der Waals surface area contributed by atoms with Crippen LogP contribution in [-0.4, -0.2) is 47.1 Å². The predicted octanol–water partition coefficient (Wildman–Crippen LogP) is 2.12. The van der Waals surface area contributed by atoms with Gasteiger partial charge in [-0.2, -0.15) is 0 Å². The second-order valence-electron chi connectivity index (χ2n) is 7.87. The number of nitrogens with two attached hydrogens (primary N) is 1. The summed E-state index contributed by atoms with van der Waals surface area (Å²) in [6.45, 7) is 2.42. The van der Waals surface area contributed by atoms with Gasteiger partial charge in [0.15, 0.2) is 11.6 Å². The van der Waals surface area contributed by atoms with Crippen molar-refractivity contribution in [2.45, 2.75) is 13.5 Å². The van der Waals surface area contributed by atoms with Crippen LogP contribution in [0.15, 0.2) is 48.7 Å². The number of carbonyl (C=O) groups excluding carboxylic acids is 1. The molecule has 10 heteroatoms. The number of fused-ring (bicyclic) bond motifs is 1. The third kappa shape index (κ3) is 4.54. The third-order valence-electron chi connectivity index (χ3n) is 5.34. The Morgan fingerprint density at radius 2 is 1.97 bits per heavy atom. The Morgan fingerprint density at radius 3 is 2.67 bits per heavy atom. The Morgan fingerprint density at radius 1 is 1.21 bits per heavy atom. The maximum absolute atomic E-state index is 11.9. The van der Waals surface area contributed by atoms with Crippen molar-refractivity contribution in [2.75, 3.05) is 24.3 Å². The van der Waals surface area contributed by atoms with Gasteiger partial charge in [0.2, 0.25) is 5.91 Å². The van der Waals surface area contributed by atoms with E-state index in [0.717, 1.165) is 31.8 Å². The van der Waals surface area contributed by atoms with Gasteiger partial charge in [0.1, 0.15) is 0 Å². The Balaban J connectivity index is 1.74. The van der Waals surface area contributed by atoms with E-state index in [0.29, 0.717) is 29.2 Å². The standard InChI is InChI=1S/C23H24BN5O3S/c1-13-19(16-8-5-9-17(21(25)30)20(16)33-13)23-27-12-18(29(2)3)22(28-23)26-11-14-6-4-7-15(10-14)24(31)32/h4-10,12,31-32H,11H2,1-3H3,(H2,25,30)(H,26,27,28). The zero-order chi connectivity index (χ0) is 23.7. The van der Waals surface area contributed by atoms with Crippen molar-refractivity contribution in [2.24, 2.45) is 5.73 Å². The molecule has 0 saturated carbocycles. The molecule has 5 N–H and O–H groups in total. The molecule has 0 unspecified atom stereocenters. The fourth-order valence-electron chi connectivity index (χ4n) is 3.71. The smallest absolute Gasteiger partial charge is 0.423 e. The van der Waals surface area contributed by atoms with E-state index in [1.807, 2.05) is 44.1 Å². The van der Waals surface area contributed by atoms with Crippen molar-refractivity contribution in [1.29, 1.82) is 0 Å².